The molecule has 0 spiro atoms. The molecule has 9 nitrogen and oxygen atoms in total. The van der Waals surface area contributed by atoms with Gasteiger partial charge in [0.15, 0.2) is 6.10 Å². The maximum Gasteiger partial charge on any atom is 0.313 e. The molecule has 1 unspecified atom stereocenters. The molecule has 1 fully saturated rings. The summed E-state index contributed by atoms with van der Waals surface area (Å²) in [6.45, 7) is 15.2. The fourth-order valence-electron chi connectivity index (χ4n) is 5.09. The first-order valence-electron chi connectivity index (χ1n) is 14.7. The van der Waals surface area contributed by atoms with Crippen LogP contribution in [0.2, 0.25) is 0 Å². The number of carbonyl (C=O) groups is 4. The van der Waals surface area contributed by atoms with Crippen molar-refractivity contribution in [2.24, 2.45) is 17.8 Å². The summed E-state index contributed by atoms with van der Waals surface area (Å²) in [5.41, 5.74) is 1.76. The molecule has 2 heterocycles. The number of aromatic nitrogens is 1. The van der Waals surface area contributed by atoms with Crippen LogP contribution < -0.4 is 10.6 Å². The number of benzene rings is 1. The van der Waals surface area contributed by atoms with Gasteiger partial charge in [0.25, 0.3) is 5.91 Å². The van der Waals surface area contributed by atoms with Crippen LogP contribution in [0.3, 0.4) is 0 Å². The van der Waals surface area contributed by atoms with Gasteiger partial charge < -0.3 is 20.3 Å². The van der Waals surface area contributed by atoms with E-state index in [4.69, 9.17) is 4.74 Å². The van der Waals surface area contributed by atoms with Crippen molar-refractivity contribution >= 4 is 40.5 Å². The Morgan fingerprint density at radius 2 is 1.81 bits per heavy atom. The van der Waals surface area contributed by atoms with Gasteiger partial charge in [-0.2, -0.15) is 0 Å². The SMILES string of the molecule is C=Cc1cc2cc(C(C)NC(=O)[C@@H]3CCCN(C(=O)[C@H](C)NC(=O)[C@@H](OC(=O)[C@H](C)/C=C/C)C(C)C)C3)ccc2cn1. The Morgan fingerprint density at radius 3 is 2.48 bits per heavy atom. The average Bonchev–Trinajstić information content (AvgIpc) is 2.98. The molecule has 226 valence electrons. The van der Waals surface area contributed by atoms with Gasteiger partial charge in [-0.05, 0) is 75.6 Å². The Kier molecular flexibility index (Phi) is 11.4. The van der Waals surface area contributed by atoms with Crippen LogP contribution in [0.5, 0.6) is 0 Å². The Hall–Kier alpha value is -4.01. The van der Waals surface area contributed by atoms with Crippen molar-refractivity contribution in [3.8, 4) is 0 Å². The molecule has 0 bridgehead atoms. The number of nitrogens with one attached hydrogen (secondary N) is 2. The van der Waals surface area contributed by atoms with Gasteiger partial charge in [0.1, 0.15) is 6.04 Å². The number of likely N-dealkylation sites (tertiary alicyclic amines) is 1. The molecule has 2 aromatic rings. The highest BCUT2D eigenvalue weighted by Gasteiger charge is 2.34. The Labute approximate surface area is 248 Å². The molecule has 9 heteroatoms. The van der Waals surface area contributed by atoms with Crippen molar-refractivity contribution in [2.45, 2.75) is 72.6 Å². The fourth-order valence-corrected chi connectivity index (χ4v) is 5.09. The van der Waals surface area contributed by atoms with Crippen LogP contribution in [0, 0.1) is 17.8 Å². The molecule has 1 aromatic heterocycles. The van der Waals surface area contributed by atoms with Crippen LogP contribution in [-0.4, -0.2) is 58.8 Å². The maximum absolute atomic E-state index is 13.3. The first kappa shape index (κ1) is 32.5. The van der Waals surface area contributed by atoms with Crippen molar-refractivity contribution in [3.05, 3.63) is 60.5 Å². The summed E-state index contributed by atoms with van der Waals surface area (Å²) >= 11 is 0. The summed E-state index contributed by atoms with van der Waals surface area (Å²) in [6, 6.07) is 6.90. The summed E-state index contributed by atoms with van der Waals surface area (Å²) < 4.78 is 5.48. The third kappa shape index (κ3) is 8.27. The largest absolute Gasteiger partial charge is 0.452 e. The van der Waals surface area contributed by atoms with Crippen molar-refractivity contribution in [1.29, 1.82) is 0 Å². The van der Waals surface area contributed by atoms with Crippen LogP contribution >= 0.6 is 0 Å². The number of pyridine rings is 1. The van der Waals surface area contributed by atoms with Gasteiger partial charge in [-0.1, -0.05) is 44.7 Å². The normalized spacial score (nSPS) is 18.3. The van der Waals surface area contributed by atoms with E-state index in [2.05, 4.69) is 22.2 Å². The zero-order valence-corrected chi connectivity index (χ0v) is 25.6. The number of hydrogen-bond acceptors (Lipinski definition) is 6. The summed E-state index contributed by atoms with van der Waals surface area (Å²) in [4.78, 5) is 57.9. The van der Waals surface area contributed by atoms with E-state index in [-0.39, 0.29) is 36.2 Å². The molecule has 2 N–H and O–H groups in total. The number of hydrogen-bond donors (Lipinski definition) is 2. The summed E-state index contributed by atoms with van der Waals surface area (Å²) in [7, 11) is 0. The van der Waals surface area contributed by atoms with Crippen molar-refractivity contribution in [1.82, 2.24) is 20.5 Å². The molecule has 1 aromatic carbocycles. The lowest BCUT2D eigenvalue weighted by Gasteiger charge is -2.34. The molecular formula is C33H44N4O5. The maximum atomic E-state index is 13.3. The summed E-state index contributed by atoms with van der Waals surface area (Å²) in [5.74, 6) is -2.51. The van der Waals surface area contributed by atoms with E-state index in [1.54, 1.807) is 63.9 Å². The van der Waals surface area contributed by atoms with E-state index in [1.165, 1.54) is 0 Å². The summed E-state index contributed by atoms with van der Waals surface area (Å²) in [5, 5.41) is 7.85. The van der Waals surface area contributed by atoms with E-state index in [1.807, 2.05) is 31.2 Å². The number of amides is 3. The van der Waals surface area contributed by atoms with Gasteiger partial charge in [-0.15, -0.1) is 0 Å². The number of esters is 1. The highest BCUT2D eigenvalue weighted by atomic mass is 16.5. The topological polar surface area (TPSA) is 118 Å². The van der Waals surface area contributed by atoms with Crippen LogP contribution in [0.1, 0.15) is 71.7 Å². The third-order valence-corrected chi connectivity index (χ3v) is 7.63. The molecule has 0 saturated carbocycles. The first-order valence-corrected chi connectivity index (χ1v) is 14.7. The van der Waals surface area contributed by atoms with Crippen LogP contribution in [0.15, 0.2) is 49.2 Å². The molecule has 42 heavy (non-hydrogen) atoms. The zero-order chi connectivity index (χ0) is 31.0. The van der Waals surface area contributed by atoms with Gasteiger partial charge in [-0.3, -0.25) is 24.2 Å². The molecule has 3 rings (SSSR count). The van der Waals surface area contributed by atoms with Crippen molar-refractivity contribution in [3.63, 3.8) is 0 Å². The highest BCUT2D eigenvalue weighted by Crippen LogP contribution is 2.23. The smallest absolute Gasteiger partial charge is 0.313 e. The number of ether oxygens (including phenoxy) is 1. The van der Waals surface area contributed by atoms with E-state index in [0.717, 1.165) is 22.0 Å². The van der Waals surface area contributed by atoms with E-state index in [0.29, 0.717) is 19.4 Å². The lowest BCUT2D eigenvalue weighted by Crippen LogP contribution is -2.54. The minimum atomic E-state index is -1.02. The number of carbonyl (C=O) groups excluding carboxylic acids is 4. The predicted octanol–water partition coefficient (Wildman–Crippen LogP) is 4.58. The van der Waals surface area contributed by atoms with Gasteiger partial charge in [-0.25, -0.2) is 0 Å². The number of allylic oxidation sites excluding steroid dienone is 1. The number of piperidine rings is 1. The van der Waals surface area contributed by atoms with Gasteiger partial charge in [0, 0.05) is 24.7 Å². The second-order valence-corrected chi connectivity index (χ2v) is 11.4. The third-order valence-electron chi connectivity index (χ3n) is 7.63. The number of fused-ring (bicyclic) bond motifs is 1. The minimum absolute atomic E-state index is 0.111. The quantitative estimate of drug-likeness (QED) is 0.299. The van der Waals surface area contributed by atoms with Crippen LogP contribution in [-0.2, 0) is 23.9 Å². The molecule has 3 amide bonds. The Balaban J connectivity index is 1.59. The zero-order valence-electron chi connectivity index (χ0n) is 25.6. The van der Waals surface area contributed by atoms with E-state index >= 15 is 0 Å². The second kappa shape index (κ2) is 14.8. The molecule has 5 atom stereocenters. The fraction of sp³-hybridized carbons (Fsp3) is 0.485. The minimum Gasteiger partial charge on any atom is -0.452 e. The van der Waals surface area contributed by atoms with Crippen LogP contribution in [0.25, 0.3) is 16.8 Å². The monoisotopic (exact) mass is 576 g/mol. The van der Waals surface area contributed by atoms with Crippen molar-refractivity contribution < 1.29 is 23.9 Å². The molecule has 1 aliphatic heterocycles. The predicted molar refractivity (Wildman–Crippen MR) is 164 cm³/mol. The van der Waals surface area contributed by atoms with Gasteiger partial charge in [0.2, 0.25) is 11.8 Å². The molecule has 0 aliphatic carbocycles. The summed E-state index contributed by atoms with van der Waals surface area (Å²) in [6.07, 6.45) is 7.29. The molecule has 1 saturated heterocycles. The molecule has 0 radical (unpaired) electrons. The second-order valence-electron chi connectivity index (χ2n) is 11.4. The lowest BCUT2D eigenvalue weighted by molar-refractivity contribution is -0.161. The first-order chi connectivity index (χ1) is 19.9. The number of nitrogens with zero attached hydrogens (tertiary/aromatic N) is 2. The molecular weight excluding hydrogens is 532 g/mol. The van der Waals surface area contributed by atoms with Crippen LogP contribution in [0.4, 0.5) is 0 Å². The van der Waals surface area contributed by atoms with Gasteiger partial charge in [0.05, 0.1) is 23.6 Å². The number of rotatable bonds is 11. The van der Waals surface area contributed by atoms with Crippen molar-refractivity contribution in [2.75, 3.05) is 13.1 Å². The standard InChI is InChI=1S/C33H44N4O5/c1-8-11-21(5)33(41)42-29(20(3)4)31(39)36-23(7)32(40)37-15-10-12-26(19-37)30(38)35-22(6)24-13-14-25-18-34-28(9-2)17-27(25)16-24/h8-9,11,13-14,16-18,20-23,26,29H,2,10,12,15,19H2,1,3-7H3,(H,35,38)(H,36,39)/b11-8+/t21-,22?,23+,26-,29+/m1/s1. The Bertz CT molecular complexity index is 1340. The Morgan fingerprint density at radius 1 is 1.07 bits per heavy atom. The molecule has 1 aliphatic rings. The van der Waals surface area contributed by atoms with E-state index in [9.17, 15) is 19.2 Å². The lowest BCUT2D eigenvalue weighted by atomic mass is 9.95. The van der Waals surface area contributed by atoms with Gasteiger partial charge >= 0.3 is 5.97 Å². The highest BCUT2D eigenvalue weighted by molar-refractivity contribution is 5.91. The average molecular weight is 577 g/mol. The van der Waals surface area contributed by atoms with E-state index < -0.39 is 29.9 Å².